The van der Waals surface area contributed by atoms with Crippen molar-refractivity contribution < 1.29 is 0 Å². The first-order valence-corrected chi connectivity index (χ1v) is 6.61. The number of rotatable bonds is 3. The number of pyridine rings is 1. The Labute approximate surface area is 112 Å². The second kappa shape index (κ2) is 5.40. The van der Waals surface area contributed by atoms with Crippen LogP contribution in [-0.4, -0.2) is 15.0 Å². The van der Waals surface area contributed by atoms with E-state index in [4.69, 9.17) is 12.2 Å². The maximum absolute atomic E-state index is 5.33. The molecule has 2 heterocycles. The van der Waals surface area contributed by atoms with Crippen LogP contribution >= 0.6 is 12.2 Å². The van der Waals surface area contributed by atoms with Gasteiger partial charge >= 0.3 is 0 Å². The van der Waals surface area contributed by atoms with Gasteiger partial charge in [-0.1, -0.05) is 26.1 Å². The van der Waals surface area contributed by atoms with E-state index in [0.717, 1.165) is 35.5 Å². The van der Waals surface area contributed by atoms with E-state index in [0.29, 0.717) is 4.64 Å². The van der Waals surface area contributed by atoms with Crippen LogP contribution in [0.25, 0.3) is 11.4 Å². The summed E-state index contributed by atoms with van der Waals surface area (Å²) in [6.07, 6.45) is 5.54. The van der Waals surface area contributed by atoms with Crippen molar-refractivity contribution in [3.8, 4) is 11.4 Å². The minimum atomic E-state index is 0.680. The maximum Gasteiger partial charge on any atom is 0.139 e. The molecule has 1 N–H and O–H groups in total. The van der Waals surface area contributed by atoms with Gasteiger partial charge in [0.05, 0.1) is 0 Å². The molecule has 0 aromatic carbocycles. The van der Waals surface area contributed by atoms with E-state index in [1.165, 1.54) is 5.56 Å². The number of aromatic nitrogens is 3. The largest absolute Gasteiger partial charge is 0.343 e. The van der Waals surface area contributed by atoms with E-state index in [-0.39, 0.29) is 0 Å². The van der Waals surface area contributed by atoms with Crippen molar-refractivity contribution in [3.05, 3.63) is 39.9 Å². The van der Waals surface area contributed by atoms with Crippen LogP contribution in [0.1, 0.15) is 30.7 Å². The van der Waals surface area contributed by atoms with E-state index < -0.39 is 0 Å². The highest BCUT2D eigenvalue weighted by Crippen LogP contribution is 2.21. The van der Waals surface area contributed by atoms with E-state index in [1.54, 1.807) is 6.20 Å². The highest BCUT2D eigenvalue weighted by molar-refractivity contribution is 7.71. The lowest BCUT2D eigenvalue weighted by molar-refractivity contribution is 0.963. The number of aromatic amines is 1. The lowest BCUT2D eigenvalue weighted by Crippen LogP contribution is -2.01. The molecule has 18 heavy (non-hydrogen) atoms. The van der Waals surface area contributed by atoms with Crippen molar-refractivity contribution in [1.82, 2.24) is 15.0 Å². The lowest BCUT2D eigenvalue weighted by atomic mass is 10.1. The van der Waals surface area contributed by atoms with Gasteiger partial charge in [-0.3, -0.25) is 4.98 Å². The van der Waals surface area contributed by atoms with E-state index >= 15 is 0 Å². The van der Waals surface area contributed by atoms with Gasteiger partial charge in [0.2, 0.25) is 0 Å². The van der Waals surface area contributed by atoms with Gasteiger partial charge in [0.15, 0.2) is 0 Å². The number of aryl methyl sites for hydroxylation is 2. The molecule has 0 aliphatic heterocycles. The molecule has 0 bridgehead atoms. The van der Waals surface area contributed by atoms with Crippen molar-refractivity contribution in [2.45, 2.75) is 33.6 Å². The number of nitrogens with one attached hydrogen (secondary N) is 1. The van der Waals surface area contributed by atoms with Crippen molar-refractivity contribution in [2.75, 3.05) is 0 Å². The zero-order valence-corrected chi connectivity index (χ0v) is 11.8. The second-order valence-corrected chi connectivity index (χ2v) is 4.62. The quantitative estimate of drug-likeness (QED) is 0.856. The predicted molar refractivity (Wildman–Crippen MR) is 76.1 cm³/mol. The van der Waals surface area contributed by atoms with Crippen LogP contribution in [0, 0.1) is 11.6 Å². The zero-order valence-electron chi connectivity index (χ0n) is 10.9. The van der Waals surface area contributed by atoms with Gasteiger partial charge in [0.1, 0.15) is 10.5 Å². The fourth-order valence-electron chi connectivity index (χ4n) is 2.00. The summed E-state index contributed by atoms with van der Waals surface area (Å²) in [6, 6.07) is 1.99. The smallest absolute Gasteiger partial charge is 0.139 e. The average molecular weight is 259 g/mol. The van der Waals surface area contributed by atoms with Crippen molar-refractivity contribution in [2.24, 2.45) is 0 Å². The van der Waals surface area contributed by atoms with Gasteiger partial charge in [-0.25, -0.2) is 4.98 Å². The third-order valence-corrected chi connectivity index (χ3v) is 3.55. The number of hydrogen-bond acceptors (Lipinski definition) is 3. The molecule has 0 radical (unpaired) electrons. The monoisotopic (exact) mass is 259 g/mol. The van der Waals surface area contributed by atoms with E-state index in [9.17, 15) is 0 Å². The highest BCUT2D eigenvalue weighted by Gasteiger charge is 2.08. The molecule has 0 saturated carbocycles. The first-order chi connectivity index (χ1) is 8.67. The summed E-state index contributed by atoms with van der Waals surface area (Å²) < 4.78 is 0.680. The summed E-state index contributed by atoms with van der Waals surface area (Å²) in [5.74, 6) is 0.849. The average Bonchev–Trinajstić information content (AvgIpc) is 2.41. The van der Waals surface area contributed by atoms with Crippen molar-refractivity contribution >= 4 is 12.2 Å². The summed E-state index contributed by atoms with van der Waals surface area (Å²) in [5, 5.41) is 0. The third-order valence-electron chi connectivity index (χ3n) is 3.15. The van der Waals surface area contributed by atoms with Gasteiger partial charge in [-0.05, 0) is 31.4 Å². The molecule has 2 rings (SSSR count). The first-order valence-electron chi connectivity index (χ1n) is 6.20. The van der Waals surface area contributed by atoms with E-state index in [2.05, 4.69) is 28.8 Å². The summed E-state index contributed by atoms with van der Waals surface area (Å²) in [7, 11) is 0. The van der Waals surface area contributed by atoms with Gasteiger partial charge < -0.3 is 4.98 Å². The van der Waals surface area contributed by atoms with Gasteiger partial charge in [0.25, 0.3) is 0 Å². The Bertz CT molecular complexity index is 617. The molecule has 2 aromatic rings. The summed E-state index contributed by atoms with van der Waals surface area (Å²) >= 11 is 5.33. The minimum Gasteiger partial charge on any atom is -0.343 e. The standard InChI is InChI=1S/C14H17N3S/c1-4-10-8-15-7-6-11(10)13-16-12(5-2)9(3)14(18)17-13/h6-8H,4-5H2,1-3H3,(H,16,17,18). The zero-order chi connectivity index (χ0) is 13.1. The molecule has 2 aromatic heterocycles. The molecule has 94 valence electrons. The maximum atomic E-state index is 5.33. The molecule has 0 aliphatic rings. The summed E-state index contributed by atoms with van der Waals surface area (Å²) in [4.78, 5) is 12.0. The van der Waals surface area contributed by atoms with Crippen LogP contribution < -0.4 is 0 Å². The topological polar surface area (TPSA) is 41.6 Å². The Morgan fingerprint density at radius 1 is 1.28 bits per heavy atom. The van der Waals surface area contributed by atoms with Crippen molar-refractivity contribution in [1.29, 1.82) is 0 Å². The normalized spacial score (nSPS) is 10.6. The number of hydrogen-bond donors (Lipinski definition) is 1. The van der Waals surface area contributed by atoms with Crippen LogP contribution in [-0.2, 0) is 12.8 Å². The van der Waals surface area contributed by atoms with Crippen LogP contribution in [0.4, 0.5) is 0 Å². The second-order valence-electron chi connectivity index (χ2n) is 4.23. The molecular weight excluding hydrogens is 242 g/mol. The Morgan fingerprint density at radius 3 is 2.72 bits per heavy atom. The molecule has 0 spiro atoms. The lowest BCUT2D eigenvalue weighted by Gasteiger charge is -2.10. The van der Waals surface area contributed by atoms with Gasteiger partial charge in [0, 0.05) is 29.2 Å². The Kier molecular flexibility index (Phi) is 3.87. The number of nitrogens with zero attached hydrogens (tertiary/aromatic N) is 2. The summed E-state index contributed by atoms with van der Waals surface area (Å²) in [6.45, 7) is 6.25. The first kappa shape index (κ1) is 12.9. The van der Waals surface area contributed by atoms with Crippen LogP contribution in [0.3, 0.4) is 0 Å². The Morgan fingerprint density at radius 2 is 2.06 bits per heavy atom. The minimum absolute atomic E-state index is 0.680. The fourth-order valence-corrected chi connectivity index (χ4v) is 2.21. The van der Waals surface area contributed by atoms with Crippen LogP contribution in [0.5, 0.6) is 0 Å². The molecule has 0 fully saturated rings. The fraction of sp³-hybridized carbons (Fsp3) is 0.357. The van der Waals surface area contributed by atoms with Crippen molar-refractivity contribution in [3.63, 3.8) is 0 Å². The van der Waals surface area contributed by atoms with Crippen LogP contribution in [0.15, 0.2) is 18.5 Å². The third kappa shape index (κ3) is 2.34. The molecule has 4 heteroatoms. The Hall–Kier alpha value is -1.55. The molecular formula is C14H17N3S. The van der Waals surface area contributed by atoms with Gasteiger partial charge in [-0.15, -0.1) is 0 Å². The van der Waals surface area contributed by atoms with Crippen LogP contribution in [0.2, 0.25) is 0 Å². The molecule has 0 amide bonds. The Balaban J connectivity index is 2.64. The SMILES string of the molecule is CCc1cnccc1-c1nc(=S)c(C)c(CC)[nH]1. The molecule has 0 aliphatic carbocycles. The molecule has 0 atom stereocenters. The summed E-state index contributed by atoms with van der Waals surface area (Å²) in [5.41, 5.74) is 4.50. The molecule has 0 unspecified atom stereocenters. The predicted octanol–water partition coefficient (Wildman–Crippen LogP) is 3.63. The van der Waals surface area contributed by atoms with E-state index in [1.807, 2.05) is 19.2 Å². The molecule has 3 nitrogen and oxygen atoms in total. The molecule has 0 saturated heterocycles. The van der Waals surface area contributed by atoms with Gasteiger partial charge in [-0.2, -0.15) is 0 Å². The highest BCUT2D eigenvalue weighted by atomic mass is 32.1. The number of H-pyrrole nitrogens is 1.